The maximum absolute atomic E-state index is 10.9. The van der Waals surface area contributed by atoms with Gasteiger partial charge in [0.05, 0.1) is 0 Å². The third-order valence-corrected chi connectivity index (χ3v) is 4.74. The van der Waals surface area contributed by atoms with Gasteiger partial charge in [-0.05, 0) is 63.4 Å². The van der Waals surface area contributed by atoms with E-state index in [4.69, 9.17) is 5.73 Å². The highest BCUT2D eigenvalue weighted by molar-refractivity contribution is 14.1. The van der Waals surface area contributed by atoms with Gasteiger partial charge < -0.3 is 10.7 Å². The average molecular weight is 412 g/mol. The molecule has 1 aromatic heterocycles. The Hall–Kier alpha value is -0.310. The number of H-pyrrole nitrogens is 1. The fourth-order valence-electron chi connectivity index (χ4n) is 1.26. The number of primary amides is 1. The van der Waals surface area contributed by atoms with E-state index in [-0.39, 0.29) is 0 Å². The van der Waals surface area contributed by atoms with E-state index in [1.807, 2.05) is 12.1 Å². The lowest BCUT2D eigenvalue weighted by atomic mass is 10.2. The Morgan fingerprint density at radius 1 is 1.21 bits per heavy atom. The molecule has 0 fully saturated rings. The molecule has 0 aliphatic rings. The van der Waals surface area contributed by atoms with Crippen LogP contribution in [0.5, 0.6) is 0 Å². The summed E-state index contributed by atoms with van der Waals surface area (Å²) in [6.07, 6.45) is 0. The van der Waals surface area contributed by atoms with E-state index in [0.717, 1.165) is 14.5 Å². The van der Waals surface area contributed by atoms with Crippen molar-refractivity contribution in [3.05, 3.63) is 31.0 Å². The molecule has 0 saturated heterocycles. The van der Waals surface area contributed by atoms with Gasteiger partial charge in [-0.2, -0.15) is 0 Å². The summed E-state index contributed by atoms with van der Waals surface area (Å²) in [5.74, 6) is -0.425. The first-order valence-corrected chi connectivity index (χ1v) is 6.01. The number of carbonyl (C=O) groups is 1. The van der Waals surface area contributed by atoms with E-state index in [1.54, 1.807) is 6.07 Å². The van der Waals surface area contributed by atoms with Gasteiger partial charge in [0.2, 0.25) is 0 Å². The SMILES string of the molecule is NC(=O)c1cc2cc(I)c(I)cc2[nH]1. The summed E-state index contributed by atoms with van der Waals surface area (Å²) in [5.41, 5.74) is 6.58. The van der Waals surface area contributed by atoms with Crippen molar-refractivity contribution < 1.29 is 4.79 Å². The molecule has 3 nitrogen and oxygen atoms in total. The number of fused-ring (bicyclic) bond motifs is 1. The van der Waals surface area contributed by atoms with Gasteiger partial charge in [0.1, 0.15) is 5.69 Å². The van der Waals surface area contributed by atoms with Gasteiger partial charge in [-0.3, -0.25) is 4.79 Å². The smallest absolute Gasteiger partial charge is 0.265 e. The largest absolute Gasteiger partial charge is 0.364 e. The van der Waals surface area contributed by atoms with Crippen LogP contribution in [-0.2, 0) is 0 Å². The van der Waals surface area contributed by atoms with Gasteiger partial charge in [-0.1, -0.05) is 0 Å². The number of hydrogen-bond donors (Lipinski definition) is 2. The molecule has 0 bridgehead atoms. The van der Waals surface area contributed by atoms with Crippen molar-refractivity contribution in [2.24, 2.45) is 5.73 Å². The molecule has 1 aromatic carbocycles. The number of aromatic nitrogens is 1. The topological polar surface area (TPSA) is 58.9 Å². The van der Waals surface area contributed by atoms with E-state index < -0.39 is 5.91 Å². The minimum atomic E-state index is -0.425. The average Bonchev–Trinajstić information content (AvgIpc) is 2.48. The number of aromatic amines is 1. The van der Waals surface area contributed by atoms with Crippen molar-refractivity contribution in [1.29, 1.82) is 0 Å². The van der Waals surface area contributed by atoms with Gasteiger partial charge in [-0.15, -0.1) is 0 Å². The van der Waals surface area contributed by atoms with Crippen LogP contribution in [0.2, 0.25) is 0 Å². The zero-order valence-corrected chi connectivity index (χ0v) is 11.3. The molecular formula is C9H6I2N2O. The molecular weight excluding hydrogens is 406 g/mol. The van der Waals surface area contributed by atoms with Crippen molar-refractivity contribution in [3.8, 4) is 0 Å². The highest BCUT2D eigenvalue weighted by Crippen LogP contribution is 2.23. The third kappa shape index (κ3) is 1.74. The molecule has 14 heavy (non-hydrogen) atoms. The second-order valence-electron chi connectivity index (χ2n) is 2.90. The second-order valence-corrected chi connectivity index (χ2v) is 5.23. The van der Waals surface area contributed by atoms with Crippen LogP contribution < -0.4 is 5.73 Å². The molecule has 0 aliphatic heterocycles. The van der Waals surface area contributed by atoms with Crippen LogP contribution in [0.15, 0.2) is 18.2 Å². The number of nitrogens with one attached hydrogen (secondary N) is 1. The van der Waals surface area contributed by atoms with Crippen molar-refractivity contribution in [1.82, 2.24) is 4.98 Å². The molecule has 0 saturated carbocycles. The quantitative estimate of drug-likeness (QED) is 0.696. The molecule has 72 valence electrons. The van der Waals surface area contributed by atoms with Crippen LogP contribution in [0.25, 0.3) is 10.9 Å². The minimum absolute atomic E-state index is 0.425. The molecule has 0 atom stereocenters. The van der Waals surface area contributed by atoms with Crippen molar-refractivity contribution in [2.45, 2.75) is 0 Å². The number of carbonyl (C=O) groups excluding carboxylic acids is 1. The van der Waals surface area contributed by atoms with E-state index in [0.29, 0.717) is 5.69 Å². The summed E-state index contributed by atoms with van der Waals surface area (Å²) in [6.45, 7) is 0. The standard InChI is InChI=1S/C9H6I2N2O/c10-5-1-4-2-8(9(12)14)13-7(4)3-6(5)11/h1-3,13H,(H2,12,14). The molecule has 2 aromatic rings. The number of benzene rings is 1. The Morgan fingerprint density at radius 3 is 2.50 bits per heavy atom. The van der Waals surface area contributed by atoms with Crippen LogP contribution in [0, 0.1) is 7.14 Å². The van der Waals surface area contributed by atoms with E-state index in [2.05, 4.69) is 50.2 Å². The fourth-order valence-corrected chi connectivity index (χ4v) is 2.22. The molecule has 0 spiro atoms. The Kier molecular flexibility index (Phi) is 2.69. The first kappa shape index (κ1) is 10.2. The summed E-state index contributed by atoms with van der Waals surface area (Å²) in [7, 11) is 0. The van der Waals surface area contributed by atoms with Crippen LogP contribution in [-0.4, -0.2) is 10.9 Å². The third-order valence-electron chi connectivity index (χ3n) is 1.93. The zero-order chi connectivity index (χ0) is 10.3. The second kappa shape index (κ2) is 3.69. The van der Waals surface area contributed by atoms with Gasteiger partial charge in [0.15, 0.2) is 0 Å². The molecule has 0 radical (unpaired) electrons. The Labute approximate surface area is 108 Å². The number of hydrogen-bond acceptors (Lipinski definition) is 1. The van der Waals surface area contributed by atoms with Gasteiger partial charge >= 0.3 is 0 Å². The van der Waals surface area contributed by atoms with Crippen molar-refractivity contribution in [3.63, 3.8) is 0 Å². The van der Waals surface area contributed by atoms with E-state index >= 15 is 0 Å². The Bertz CT molecular complexity index is 480. The predicted molar refractivity (Wildman–Crippen MR) is 72.3 cm³/mol. The van der Waals surface area contributed by atoms with Crippen molar-refractivity contribution >= 4 is 62.0 Å². The maximum Gasteiger partial charge on any atom is 0.265 e. The predicted octanol–water partition coefficient (Wildman–Crippen LogP) is 2.48. The molecule has 3 N–H and O–H groups in total. The molecule has 1 amide bonds. The lowest BCUT2D eigenvalue weighted by Crippen LogP contribution is -2.10. The van der Waals surface area contributed by atoms with Crippen LogP contribution in [0.1, 0.15) is 10.5 Å². The summed E-state index contributed by atoms with van der Waals surface area (Å²) in [6, 6.07) is 5.81. The highest BCUT2D eigenvalue weighted by atomic mass is 127. The minimum Gasteiger partial charge on any atom is -0.364 e. The Balaban J connectivity index is 2.72. The molecule has 0 aliphatic carbocycles. The summed E-state index contributed by atoms with van der Waals surface area (Å²) in [5, 5.41) is 1.02. The monoisotopic (exact) mass is 412 g/mol. The lowest BCUT2D eigenvalue weighted by Gasteiger charge is -1.95. The fraction of sp³-hybridized carbons (Fsp3) is 0. The normalized spacial score (nSPS) is 10.7. The van der Waals surface area contributed by atoms with E-state index in [1.165, 1.54) is 3.57 Å². The molecule has 1 heterocycles. The number of nitrogens with two attached hydrogens (primary N) is 1. The van der Waals surface area contributed by atoms with Crippen LogP contribution >= 0.6 is 45.2 Å². The van der Waals surface area contributed by atoms with Gasteiger partial charge in [-0.25, -0.2) is 0 Å². The van der Waals surface area contributed by atoms with Crippen LogP contribution in [0.4, 0.5) is 0 Å². The first-order chi connectivity index (χ1) is 6.58. The zero-order valence-electron chi connectivity index (χ0n) is 6.97. The van der Waals surface area contributed by atoms with Gasteiger partial charge in [0.25, 0.3) is 5.91 Å². The van der Waals surface area contributed by atoms with Crippen molar-refractivity contribution in [2.75, 3.05) is 0 Å². The highest BCUT2D eigenvalue weighted by Gasteiger charge is 2.07. The number of halogens is 2. The lowest BCUT2D eigenvalue weighted by molar-refractivity contribution is 0.0996. The molecule has 2 rings (SSSR count). The molecule has 5 heteroatoms. The van der Waals surface area contributed by atoms with Crippen LogP contribution in [0.3, 0.4) is 0 Å². The Morgan fingerprint density at radius 2 is 1.86 bits per heavy atom. The number of amides is 1. The summed E-state index contributed by atoms with van der Waals surface area (Å²) < 4.78 is 2.33. The first-order valence-electron chi connectivity index (χ1n) is 3.85. The maximum atomic E-state index is 10.9. The number of rotatable bonds is 1. The summed E-state index contributed by atoms with van der Waals surface area (Å²) >= 11 is 4.52. The molecule has 0 unspecified atom stereocenters. The van der Waals surface area contributed by atoms with Gasteiger partial charge in [0, 0.05) is 18.0 Å². The van der Waals surface area contributed by atoms with E-state index in [9.17, 15) is 4.79 Å². The summed E-state index contributed by atoms with van der Waals surface area (Å²) in [4.78, 5) is 13.9.